The molecule has 0 saturated carbocycles. The molecule has 0 bridgehead atoms. The zero-order valence-corrected chi connectivity index (χ0v) is 25.3. The van der Waals surface area contributed by atoms with Crippen LogP contribution in [0.15, 0.2) is 103 Å². The van der Waals surface area contributed by atoms with Crippen molar-refractivity contribution in [3.63, 3.8) is 0 Å². The van der Waals surface area contributed by atoms with Gasteiger partial charge in [-0.3, -0.25) is 9.80 Å². The van der Waals surface area contributed by atoms with Crippen molar-refractivity contribution in [2.75, 3.05) is 32.7 Å². The Balaban J connectivity index is 0.000000312. The van der Waals surface area contributed by atoms with Gasteiger partial charge in [-0.1, -0.05) is 72.8 Å². The second kappa shape index (κ2) is 18.4. The monoisotopic (exact) mass is 646 g/mol. The highest BCUT2D eigenvalue weighted by Gasteiger charge is 2.31. The zero-order valence-electron chi connectivity index (χ0n) is 25.3. The fourth-order valence-electron chi connectivity index (χ4n) is 4.90. The number of halogens is 1. The van der Waals surface area contributed by atoms with Gasteiger partial charge in [-0.25, -0.2) is 23.6 Å². The Hall–Kier alpha value is -5.59. The molecule has 1 fully saturated rings. The number of carbonyl (C=O) groups is 4. The summed E-state index contributed by atoms with van der Waals surface area (Å²) in [5.74, 6) is -4.62. The van der Waals surface area contributed by atoms with Gasteiger partial charge in [-0.05, 0) is 22.8 Å². The number of aliphatic carboxylic acids is 4. The van der Waals surface area contributed by atoms with Crippen molar-refractivity contribution >= 4 is 30.0 Å². The molecule has 2 heterocycles. The molecule has 5 rings (SSSR count). The molecule has 4 N–H and O–H groups in total. The predicted octanol–water partition coefficient (Wildman–Crippen LogP) is 4.56. The number of hydrogen-bond acceptors (Lipinski definition) is 7. The molecule has 2 aliphatic heterocycles. The molecule has 1 atom stereocenters. The lowest BCUT2D eigenvalue weighted by Gasteiger charge is -2.39. The van der Waals surface area contributed by atoms with E-state index in [-0.39, 0.29) is 11.9 Å². The quantitative estimate of drug-likeness (QED) is 0.254. The van der Waals surface area contributed by atoms with Crippen molar-refractivity contribution in [3.8, 4) is 5.75 Å². The van der Waals surface area contributed by atoms with Gasteiger partial charge < -0.3 is 25.2 Å². The molecule has 1 unspecified atom stereocenters. The van der Waals surface area contributed by atoms with E-state index in [9.17, 15) is 23.6 Å². The lowest BCUT2D eigenvalue weighted by molar-refractivity contribution is -0.134. The van der Waals surface area contributed by atoms with Crippen molar-refractivity contribution in [1.82, 2.24) is 9.80 Å². The van der Waals surface area contributed by atoms with Gasteiger partial charge in [0.2, 0.25) is 0 Å². The number of carboxylic acid groups (broad SMARTS) is 4. The first-order valence-electron chi connectivity index (χ1n) is 14.5. The molecule has 3 aromatic carbocycles. The molecular weight excluding hydrogens is 611 g/mol. The maximum absolute atomic E-state index is 13.9. The predicted molar refractivity (Wildman–Crippen MR) is 171 cm³/mol. The average molecular weight is 647 g/mol. The lowest BCUT2D eigenvalue weighted by atomic mass is 9.93. The van der Waals surface area contributed by atoms with Crippen LogP contribution in [0.2, 0.25) is 0 Å². The number of nitrogens with zero attached hydrogens (tertiary/aromatic N) is 2. The second-order valence-corrected chi connectivity index (χ2v) is 10.2. The molecule has 2 aliphatic rings. The SMILES string of the molecule is Fc1ccc2c(c1)OCc1ccccc1C2N1CCN(C/C=C/c2ccccc2)CC1.O=C(O)/C=C/C(=O)O.O=C(O)/C=C/C(=O)O. The summed E-state index contributed by atoms with van der Waals surface area (Å²) in [5, 5.41) is 31.2. The van der Waals surface area contributed by atoms with Crippen molar-refractivity contribution in [1.29, 1.82) is 0 Å². The van der Waals surface area contributed by atoms with Crippen LogP contribution in [0.5, 0.6) is 5.75 Å². The molecule has 0 spiro atoms. The van der Waals surface area contributed by atoms with Crippen LogP contribution in [-0.2, 0) is 25.8 Å². The Kier molecular flexibility index (Phi) is 14.0. The van der Waals surface area contributed by atoms with E-state index in [4.69, 9.17) is 25.2 Å². The highest BCUT2D eigenvalue weighted by atomic mass is 19.1. The maximum Gasteiger partial charge on any atom is 0.328 e. The van der Waals surface area contributed by atoms with Gasteiger partial charge in [0.1, 0.15) is 18.2 Å². The van der Waals surface area contributed by atoms with Gasteiger partial charge in [-0.2, -0.15) is 0 Å². The summed E-state index contributed by atoms with van der Waals surface area (Å²) in [6, 6.07) is 23.9. The first kappa shape index (κ1) is 35.9. The molecule has 0 aliphatic carbocycles. The van der Waals surface area contributed by atoms with Crippen LogP contribution >= 0.6 is 0 Å². The van der Waals surface area contributed by atoms with Crippen molar-refractivity contribution in [2.24, 2.45) is 0 Å². The Morgan fingerprint density at radius 2 is 1.28 bits per heavy atom. The van der Waals surface area contributed by atoms with Gasteiger partial charge in [0.05, 0.1) is 6.04 Å². The number of hydrogen-bond donors (Lipinski definition) is 4. The van der Waals surface area contributed by atoms with E-state index in [1.54, 1.807) is 6.07 Å². The molecule has 47 heavy (non-hydrogen) atoms. The van der Waals surface area contributed by atoms with Crippen LogP contribution in [0.3, 0.4) is 0 Å². The number of carboxylic acids is 4. The van der Waals surface area contributed by atoms with Crippen LogP contribution in [0.1, 0.15) is 28.3 Å². The summed E-state index contributed by atoms with van der Waals surface area (Å²) in [6.07, 6.45) is 6.67. The molecule has 0 amide bonds. The first-order chi connectivity index (χ1) is 22.5. The number of rotatable bonds is 8. The number of benzene rings is 3. The minimum atomic E-state index is -1.26. The van der Waals surface area contributed by atoms with Crippen LogP contribution < -0.4 is 4.74 Å². The average Bonchev–Trinajstić information content (AvgIpc) is 3.21. The fourth-order valence-corrected chi connectivity index (χ4v) is 4.90. The zero-order chi connectivity index (χ0) is 34.2. The van der Waals surface area contributed by atoms with E-state index in [2.05, 4.69) is 64.4 Å². The third kappa shape index (κ3) is 12.4. The topological polar surface area (TPSA) is 165 Å². The molecule has 0 radical (unpaired) electrons. The van der Waals surface area contributed by atoms with Gasteiger partial charge in [0.25, 0.3) is 0 Å². The molecule has 11 nitrogen and oxygen atoms in total. The van der Waals surface area contributed by atoms with Crippen molar-refractivity contribution in [3.05, 3.63) is 131 Å². The van der Waals surface area contributed by atoms with Crippen LogP contribution in [-0.4, -0.2) is 86.8 Å². The molecule has 246 valence electrons. The molecule has 0 aromatic heterocycles. The van der Waals surface area contributed by atoms with E-state index in [0.29, 0.717) is 36.7 Å². The lowest BCUT2D eigenvalue weighted by Crippen LogP contribution is -2.47. The Morgan fingerprint density at radius 1 is 0.723 bits per heavy atom. The van der Waals surface area contributed by atoms with Gasteiger partial charge in [0, 0.05) is 68.7 Å². The normalized spacial score (nSPS) is 16.1. The molecule has 1 saturated heterocycles. The van der Waals surface area contributed by atoms with Gasteiger partial charge in [0.15, 0.2) is 0 Å². The largest absolute Gasteiger partial charge is 0.488 e. The van der Waals surface area contributed by atoms with E-state index in [0.717, 1.165) is 38.3 Å². The third-order valence-electron chi connectivity index (χ3n) is 6.99. The van der Waals surface area contributed by atoms with Gasteiger partial charge in [-0.15, -0.1) is 0 Å². The third-order valence-corrected chi connectivity index (χ3v) is 6.99. The Labute approximate surface area is 270 Å². The van der Waals surface area contributed by atoms with Crippen LogP contribution in [0.25, 0.3) is 6.08 Å². The minimum Gasteiger partial charge on any atom is -0.488 e. The maximum atomic E-state index is 13.9. The summed E-state index contributed by atoms with van der Waals surface area (Å²) >= 11 is 0. The molecular formula is C35H35FN2O9. The van der Waals surface area contributed by atoms with E-state index < -0.39 is 23.9 Å². The molecule has 12 heteroatoms. The number of ether oxygens (including phenoxy) is 1. The fraction of sp³-hybridized carbons (Fsp3) is 0.200. The smallest absolute Gasteiger partial charge is 0.328 e. The summed E-state index contributed by atoms with van der Waals surface area (Å²) in [5.41, 5.74) is 4.74. The summed E-state index contributed by atoms with van der Waals surface area (Å²) in [6.45, 7) is 5.39. The number of fused-ring (bicyclic) bond motifs is 2. The van der Waals surface area contributed by atoms with Crippen LogP contribution in [0.4, 0.5) is 4.39 Å². The van der Waals surface area contributed by atoms with Gasteiger partial charge >= 0.3 is 23.9 Å². The second-order valence-electron chi connectivity index (χ2n) is 10.2. The molecule has 3 aromatic rings. The first-order valence-corrected chi connectivity index (χ1v) is 14.5. The van der Waals surface area contributed by atoms with E-state index in [1.165, 1.54) is 22.8 Å². The highest BCUT2D eigenvalue weighted by Crippen LogP contribution is 2.40. The standard InChI is InChI=1S/C27H27FN2O.2C4H4O4/c28-23-12-13-25-26(19-23)31-20-22-10-4-5-11-24(22)27(25)30-17-15-29(16-18-30)14-6-9-21-7-2-1-3-8-21;2*5-3(6)1-2-4(7)8/h1-13,19,27H,14-18,20H2;2*1-2H,(H,5,6)(H,7,8)/b9-6+;2*2-1+. The van der Waals surface area contributed by atoms with Crippen molar-refractivity contribution < 1.29 is 48.7 Å². The summed E-state index contributed by atoms with van der Waals surface area (Å²) in [4.78, 5) is 43.2. The number of piperazine rings is 1. The Bertz CT molecular complexity index is 1550. The van der Waals surface area contributed by atoms with Crippen molar-refractivity contribution in [2.45, 2.75) is 12.6 Å². The van der Waals surface area contributed by atoms with Crippen LogP contribution in [0, 0.1) is 5.82 Å². The van der Waals surface area contributed by atoms with E-state index >= 15 is 0 Å². The summed E-state index contributed by atoms with van der Waals surface area (Å²) in [7, 11) is 0. The highest BCUT2D eigenvalue weighted by molar-refractivity contribution is 5.90. The Morgan fingerprint density at radius 3 is 1.85 bits per heavy atom. The minimum absolute atomic E-state index is 0.0938. The summed E-state index contributed by atoms with van der Waals surface area (Å²) < 4.78 is 19.9. The van der Waals surface area contributed by atoms with E-state index in [1.807, 2.05) is 18.2 Å².